The van der Waals surface area contributed by atoms with Crippen molar-refractivity contribution in [2.75, 3.05) is 20.2 Å². The quantitative estimate of drug-likeness (QED) is 0.741. The number of aliphatic hydroxyl groups excluding tert-OH is 1. The maximum atomic E-state index is 10.1. The molecule has 0 aromatic heterocycles. The lowest BCUT2D eigenvalue weighted by atomic mass is 10.0. The van der Waals surface area contributed by atoms with Crippen LogP contribution in [0.3, 0.4) is 0 Å². The van der Waals surface area contributed by atoms with Gasteiger partial charge in [-0.05, 0) is 18.5 Å². The van der Waals surface area contributed by atoms with E-state index in [2.05, 4.69) is 31.3 Å². The summed E-state index contributed by atoms with van der Waals surface area (Å²) in [4.78, 5) is 0. The number of hydrogen-bond acceptors (Lipinski definition) is 3. The zero-order chi connectivity index (χ0) is 13.4. The van der Waals surface area contributed by atoms with Crippen molar-refractivity contribution in [2.24, 2.45) is 5.92 Å². The number of ether oxygens (including phenoxy) is 1. The highest BCUT2D eigenvalue weighted by atomic mass is 16.5. The summed E-state index contributed by atoms with van der Waals surface area (Å²) in [6, 6.07) is 10.2. The van der Waals surface area contributed by atoms with Crippen LogP contribution in [0.5, 0.6) is 0 Å². The third-order valence-corrected chi connectivity index (χ3v) is 2.77. The van der Waals surface area contributed by atoms with E-state index in [1.807, 2.05) is 25.2 Å². The van der Waals surface area contributed by atoms with Crippen LogP contribution in [-0.4, -0.2) is 37.5 Å². The van der Waals surface area contributed by atoms with E-state index in [1.54, 1.807) is 0 Å². The van der Waals surface area contributed by atoms with Crippen LogP contribution in [-0.2, 0) is 11.2 Å². The summed E-state index contributed by atoms with van der Waals surface area (Å²) >= 11 is 0. The lowest BCUT2D eigenvalue weighted by Gasteiger charge is -2.24. The van der Waals surface area contributed by atoms with Crippen LogP contribution in [0.4, 0.5) is 0 Å². The van der Waals surface area contributed by atoms with Gasteiger partial charge in [0.25, 0.3) is 0 Å². The molecule has 0 saturated heterocycles. The van der Waals surface area contributed by atoms with E-state index in [4.69, 9.17) is 4.74 Å². The molecule has 2 N–H and O–H groups in total. The molecule has 0 amide bonds. The predicted molar refractivity (Wildman–Crippen MR) is 74.7 cm³/mol. The zero-order valence-corrected chi connectivity index (χ0v) is 11.6. The summed E-state index contributed by atoms with van der Waals surface area (Å²) in [5.74, 6) is 0.477. The Bertz CT molecular complexity index is 314. The Balaban J connectivity index is 2.59. The summed E-state index contributed by atoms with van der Waals surface area (Å²) in [6.07, 6.45) is 0.118. The first kappa shape index (κ1) is 15.2. The SMILES string of the molecule is CNCC(O)C(Cc1ccccc1)OCC(C)C. The molecule has 0 heterocycles. The van der Waals surface area contributed by atoms with Gasteiger partial charge in [0.05, 0.1) is 12.2 Å². The summed E-state index contributed by atoms with van der Waals surface area (Å²) in [5, 5.41) is 13.1. The Labute approximate surface area is 110 Å². The standard InChI is InChI=1S/C15H25NO2/c1-12(2)11-18-15(14(17)10-16-3)9-13-7-5-4-6-8-13/h4-8,12,14-17H,9-11H2,1-3H3. The molecule has 2 atom stereocenters. The summed E-state index contributed by atoms with van der Waals surface area (Å²) in [5.41, 5.74) is 1.20. The van der Waals surface area contributed by atoms with Crippen LogP contribution in [0.1, 0.15) is 19.4 Å². The van der Waals surface area contributed by atoms with Crippen molar-refractivity contribution < 1.29 is 9.84 Å². The molecule has 0 bridgehead atoms. The molecule has 3 heteroatoms. The Kier molecular flexibility index (Phi) is 6.94. The normalized spacial score (nSPS) is 14.7. The van der Waals surface area contributed by atoms with Crippen LogP contribution in [0.25, 0.3) is 0 Å². The maximum absolute atomic E-state index is 10.1. The fraction of sp³-hybridized carbons (Fsp3) is 0.600. The molecule has 0 fully saturated rings. The molecule has 0 aliphatic carbocycles. The first-order chi connectivity index (χ1) is 8.63. The Morgan fingerprint density at radius 1 is 1.22 bits per heavy atom. The number of hydrogen-bond donors (Lipinski definition) is 2. The molecule has 102 valence electrons. The van der Waals surface area contributed by atoms with Crippen LogP contribution in [0.15, 0.2) is 30.3 Å². The van der Waals surface area contributed by atoms with Crippen LogP contribution in [0.2, 0.25) is 0 Å². The monoisotopic (exact) mass is 251 g/mol. The molecule has 3 nitrogen and oxygen atoms in total. The van der Waals surface area contributed by atoms with Crippen molar-refractivity contribution in [3.05, 3.63) is 35.9 Å². The van der Waals surface area contributed by atoms with E-state index < -0.39 is 6.10 Å². The van der Waals surface area contributed by atoms with Gasteiger partial charge < -0.3 is 15.2 Å². The van der Waals surface area contributed by atoms with Gasteiger partial charge in [-0.25, -0.2) is 0 Å². The molecule has 0 radical (unpaired) electrons. The Morgan fingerprint density at radius 3 is 2.44 bits per heavy atom. The van der Waals surface area contributed by atoms with Crippen molar-refractivity contribution >= 4 is 0 Å². The minimum Gasteiger partial charge on any atom is -0.389 e. The van der Waals surface area contributed by atoms with Gasteiger partial charge in [-0.3, -0.25) is 0 Å². The largest absolute Gasteiger partial charge is 0.389 e. The number of rotatable bonds is 8. The van der Waals surface area contributed by atoms with E-state index in [0.29, 0.717) is 19.1 Å². The fourth-order valence-corrected chi connectivity index (χ4v) is 1.81. The molecule has 1 aromatic carbocycles. The molecular formula is C15H25NO2. The van der Waals surface area contributed by atoms with Gasteiger partial charge in [0.2, 0.25) is 0 Å². The highest BCUT2D eigenvalue weighted by Gasteiger charge is 2.20. The lowest BCUT2D eigenvalue weighted by molar-refractivity contribution is -0.0439. The molecule has 1 aromatic rings. The molecular weight excluding hydrogens is 226 g/mol. The number of nitrogens with one attached hydrogen (secondary N) is 1. The molecule has 0 aliphatic rings. The smallest absolute Gasteiger partial charge is 0.0928 e. The second-order valence-electron chi connectivity index (χ2n) is 5.08. The minimum atomic E-state index is -0.478. The Hall–Kier alpha value is -0.900. The zero-order valence-electron chi connectivity index (χ0n) is 11.6. The predicted octanol–water partition coefficient (Wildman–Crippen LogP) is 1.85. The first-order valence-corrected chi connectivity index (χ1v) is 6.61. The van der Waals surface area contributed by atoms with Gasteiger partial charge in [-0.2, -0.15) is 0 Å². The van der Waals surface area contributed by atoms with E-state index in [-0.39, 0.29) is 6.10 Å². The number of aliphatic hydroxyl groups is 1. The lowest BCUT2D eigenvalue weighted by Crippen LogP contribution is -2.38. The average Bonchev–Trinajstić information content (AvgIpc) is 2.35. The summed E-state index contributed by atoms with van der Waals surface area (Å²) in [6.45, 7) is 5.46. The number of benzene rings is 1. The Morgan fingerprint density at radius 2 is 1.89 bits per heavy atom. The van der Waals surface area contributed by atoms with Crippen LogP contribution in [0, 0.1) is 5.92 Å². The summed E-state index contributed by atoms with van der Waals surface area (Å²) in [7, 11) is 1.84. The average molecular weight is 251 g/mol. The summed E-state index contributed by atoms with van der Waals surface area (Å²) < 4.78 is 5.83. The van der Waals surface area contributed by atoms with Crippen molar-refractivity contribution in [3.63, 3.8) is 0 Å². The van der Waals surface area contributed by atoms with Crippen LogP contribution < -0.4 is 5.32 Å². The second-order valence-corrected chi connectivity index (χ2v) is 5.08. The topological polar surface area (TPSA) is 41.5 Å². The van der Waals surface area contributed by atoms with Gasteiger partial charge >= 0.3 is 0 Å². The van der Waals surface area contributed by atoms with Crippen molar-refractivity contribution in [3.8, 4) is 0 Å². The third kappa shape index (κ3) is 5.63. The van der Waals surface area contributed by atoms with Gasteiger partial charge in [-0.15, -0.1) is 0 Å². The van der Waals surface area contributed by atoms with E-state index >= 15 is 0 Å². The van der Waals surface area contributed by atoms with E-state index in [0.717, 1.165) is 6.42 Å². The second kappa shape index (κ2) is 8.25. The van der Waals surface area contributed by atoms with Gasteiger partial charge in [0.15, 0.2) is 0 Å². The van der Waals surface area contributed by atoms with Gasteiger partial charge in [-0.1, -0.05) is 44.2 Å². The molecule has 18 heavy (non-hydrogen) atoms. The first-order valence-electron chi connectivity index (χ1n) is 6.61. The number of likely N-dealkylation sites (N-methyl/N-ethyl adjacent to an activating group) is 1. The van der Waals surface area contributed by atoms with Crippen molar-refractivity contribution in [1.82, 2.24) is 5.32 Å². The minimum absolute atomic E-state index is 0.151. The van der Waals surface area contributed by atoms with Crippen LogP contribution >= 0.6 is 0 Å². The maximum Gasteiger partial charge on any atom is 0.0928 e. The van der Waals surface area contributed by atoms with Crippen molar-refractivity contribution in [1.29, 1.82) is 0 Å². The third-order valence-electron chi connectivity index (χ3n) is 2.77. The molecule has 0 aliphatic heterocycles. The molecule has 2 unspecified atom stereocenters. The van der Waals surface area contributed by atoms with Gasteiger partial charge in [0, 0.05) is 19.6 Å². The fourth-order valence-electron chi connectivity index (χ4n) is 1.81. The highest BCUT2D eigenvalue weighted by Crippen LogP contribution is 2.11. The molecule has 1 rings (SSSR count). The molecule has 0 saturated carbocycles. The van der Waals surface area contributed by atoms with Gasteiger partial charge in [0.1, 0.15) is 0 Å². The highest BCUT2D eigenvalue weighted by molar-refractivity contribution is 5.15. The van der Waals surface area contributed by atoms with Crippen molar-refractivity contribution in [2.45, 2.75) is 32.5 Å². The van der Waals surface area contributed by atoms with E-state index in [1.165, 1.54) is 5.56 Å². The molecule has 0 spiro atoms. The van der Waals surface area contributed by atoms with E-state index in [9.17, 15) is 5.11 Å².